The number of ether oxygens (including phenoxy) is 1. The van der Waals surface area contributed by atoms with Gasteiger partial charge in [0.25, 0.3) is 0 Å². The Labute approximate surface area is 194 Å². The van der Waals surface area contributed by atoms with Crippen molar-refractivity contribution >= 4 is 29.3 Å². The Morgan fingerprint density at radius 2 is 1.70 bits per heavy atom. The lowest BCUT2D eigenvalue weighted by Crippen LogP contribution is -2.45. The molecule has 33 heavy (non-hydrogen) atoms. The molecule has 3 N–H and O–H groups in total. The first-order valence-corrected chi connectivity index (χ1v) is 11.3. The Bertz CT molecular complexity index is 1180. The number of thiazole rings is 1. The number of carboxylic acid groups (broad SMARTS) is 1. The average molecular weight is 466 g/mol. The van der Waals surface area contributed by atoms with Crippen molar-refractivity contribution in [2.24, 2.45) is 0 Å². The minimum atomic E-state index is -1.10. The number of nitrogens with zero attached hydrogens (tertiary/aromatic N) is 1. The normalized spacial score (nSPS) is 13.0. The van der Waals surface area contributed by atoms with Crippen molar-refractivity contribution in [1.82, 2.24) is 15.6 Å². The van der Waals surface area contributed by atoms with Gasteiger partial charge in [-0.25, -0.2) is 14.6 Å². The maximum absolute atomic E-state index is 12.3. The van der Waals surface area contributed by atoms with Crippen molar-refractivity contribution in [3.05, 3.63) is 75.2 Å². The number of aromatic carboxylic acids is 1. The Morgan fingerprint density at radius 1 is 1.09 bits per heavy atom. The number of rotatable bonds is 7. The van der Waals surface area contributed by atoms with Crippen LogP contribution in [0.2, 0.25) is 0 Å². The highest BCUT2D eigenvalue weighted by Crippen LogP contribution is 2.44. The maximum atomic E-state index is 12.3. The van der Waals surface area contributed by atoms with Gasteiger partial charge in [-0.15, -0.1) is 11.3 Å². The van der Waals surface area contributed by atoms with Gasteiger partial charge in [0.2, 0.25) is 5.91 Å². The lowest BCUT2D eigenvalue weighted by molar-refractivity contribution is -0.122. The van der Waals surface area contributed by atoms with E-state index < -0.39 is 24.0 Å². The molecule has 2 aromatic carbocycles. The lowest BCUT2D eigenvalue weighted by Gasteiger charge is -2.17. The molecule has 0 radical (unpaired) electrons. The number of carbonyl (C=O) groups is 3. The van der Waals surface area contributed by atoms with Gasteiger partial charge in [-0.3, -0.25) is 4.79 Å². The molecule has 9 heteroatoms. The summed E-state index contributed by atoms with van der Waals surface area (Å²) in [6.45, 7) is 3.44. The minimum absolute atomic E-state index is 0.0194. The van der Waals surface area contributed by atoms with E-state index in [4.69, 9.17) is 9.84 Å². The van der Waals surface area contributed by atoms with Gasteiger partial charge >= 0.3 is 12.1 Å². The SMILES string of the molecule is Cc1sc(CNC(=O)[C@@H](C)NC(=O)OCC2c3ccccc3-c3ccccc32)nc1C(=O)O. The number of aryl methyl sites for hydroxylation is 1. The number of hydrogen-bond donors (Lipinski definition) is 3. The summed E-state index contributed by atoms with van der Waals surface area (Å²) < 4.78 is 5.46. The second kappa shape index (κ2) is 9.41. The number of nitrogens with one attached hydrogen (secondary N) is 2. The van der Waals surface area contributed by atoms with Crippen molar-refractivity contribution in [2.75, 3.05) is 6.61 Å². The Morgan fingerprint density at radius 3 is 2.27 bits per heavy atom. The summed E-state index contributed by atoms with van der Waals surface area (Å²) in [5, 5.41) is 14.7. The van der Waals surface area contributed by atoms with Crippen molar-refractivity contribution in [1.29, 1.82) is 0 Å². The number of carboxylic acids is 1. The van der Waals surface area contributed by atoms with E-state index in [1.165, 1.54) is 11.3 Å². The van der Waals surface area contributed by atoms with Crippen LogP contribution in [0.1, 0.15) is 44.3 Å². The third-order valence-electron chi connectivity index (χ3n) is 5.53. The molecule has 0 saturated carbocycles. The third-order valence-corrected chi connectivity index (χ3v) is 6.50. The predicted molar refractivity (Wildman–Crippen MR) is 123 cm³/mol. The summed E-state index contributed by atoms with van der Waals surface area (Å²) in [4.78, 5) is 40.4. The monoisotopic (exact) mass is 465 g/mol. The van der Waals surface area contributed by atoms with Gasteiger partial charge in [-0.05, 0) is 36.1 Å². The fraction of sp³-hybridized carbons (Fsp3) is 0.250. The number of hydrogen-bond acceptors (Lipinski definition) is 6. The smallest absolute Gasteiger partial charge is 0.407 e. The van der Waals surface area contributed by atoms with Crippen LogP contribution in [0.5, 0.6) is 0 Å². The summed E-state index contributed by atoms with van der Waals surface area (Å²) in [7, 11) is 0. The number of carbonyl (C=O) groups excluding carboxylic acids is 2. The standard InChI is InChI=1S/C24H23N3O5S/c1-13(22(28)25-11-20-27-21(23(29)30)14(2)33-20)26-24(31)32-12-19-17-9-5-3-7-15(17)16-8-4-6-10-18(16)19/h3-10,13,19H,11-12H2,1-2H3,(H,25,28)(H,26,31)(H,29,30)/t13-/m1/s1. The minimum Gasteiger partial charge on any atom is -0.476 e. The number of amides is 2. The second-order valence-electron chi connectivity index (χ2n) is 7.73. The van der Waals surface area contributed by atoms with Crippen LogP contribution in [0, 0.1) is 6.92 Å². The van der Waals surface area contributed by atoms with Gasteiger partial charge in [-0.2, -0.15) is 0 Å². The first kappa shape index (κ1) is 22.5. The molecule has 0 fully saturated rings. The number of fused-ring (bicyclic) bond motifs is 3. The highest BCUT2D eigenvalue weighted by Gasteiger charge is 2.29. The van der Waals surface area contributed by atoms with E-state index in [0.717, 1.165) is 22.3 Å². The molecule has 1 aliphatic rings. The molecule has 4 rings (SSSR count). The van der Waals surface area contributed by atoms with Crippen molar-refractivity contribution in [3.8, 4) is 11.1 Å². The topological polar surface area (TPSA) is 118 Å². The molecule has 0 unspecified atom stereocenters. The van der Waals surface area contributed by atoms with E-state index >= 15 is 0 Å². The molecular weight excluding hydrogens is 442 g/mol. The van der Waals surface area contributed by atoms with E-state index in [9.17, 15) is 14.4 Å². The number of benzene rings is 2. The van der Waals surface area contributed by atoms with Gasteiger partial charge in [-0.1, -0.05) is 48.5 Å². The first-order valence-electron chi connectivity index (χ1n) is 10.4. The zero-order valence-electron chi connectivity index (χ0n) is 18.1. The van der Waals surface area contributed by atoms with Gasteiger partial charge in [0.1, 0.15) is 17.7 Å². The Kier molecular flexibility index (Phi) is 6.41. The highest BCUT2D eigenvalue weighted by molar-refractivity contribution is 7.11. The number of alkyl carbamates (subject to hydrolysis) is 1. The van der Waals surface area contributed by atoms with E-state index in [2.05, 4.69) is 27.8 Å². The van der Waals surface area contributed by atoms with Gasteiger partial charge in [0.15, 0.2) is 5.69 Å². The first-order chi connectivity index (χ1) is 15.8. The molecule has 0 saturated heterocycles. The summed E-state index contributed by atoms with van der Waals surface area (Å²) >= 11 is 1.20. The van der Waals surface area contributed by atoms with Crippen molar-refractivity contribution in [3.63, 3.8) is 0 Å². The molecule has 1 heterocycles. The van der Waals surface area contributed by atoms with Gasteiger partial charge in [0.05, 0.1) is 6.54 Å². The predicted octanol–water partition coefficient (Wildman–Crippen LogP) is 3.69. The van der Waals surface area contributed by atoms with Crippen LogP contribution in [0.15, 0.2) is 48.5 Å². The molecule has 8 nitrogen and oxygen atoms in total. The maximum Gasteiger partial charge on any atom is 0.407 e. The zero-order valence-corrected chi connectivity index (χ0v) is 18.9. The average Bonchev–Trinajstić information content (AvgIpc) is 3.33. The molecule has 0 aliphatic heterocycles. The second-order valence-corrected chi connectivity index (χ2v) is 9.01. The molecule has 0 spiro atoms. The summed E-state index contributed by atoms with van der Waals surface area (Å²) in [6.07, 6.45) is -0.683. The fourth-order valence-electron chi connectivity index (χ4n) is 3.92. The summed E-state index contributed by atoms with van der Waals surface area (Å²) in [5.41, 5.74) is 4.47. The van der Waals surface area contributed by atoms with Gasteiger partial charge in [0, 0.05) is 10.8 Å². The van der Waals surface area contributed by atoms with Crippen LogP contribution in [0.3, 0.4) is 0 Å². The van der Waals surface area contributed by atoms with Crippen LogP contribution >= 0.6 is 11.3 Å². The molecule has 170 valence electrons. The van der Waals surface area contributed by atoms with Crippen molar-refractivity contribution in [2.45, 2.75) is 32.4 Å². The van der Waals surface area contributed by atoms with E-state index in [0.29, 0.717) is 9.88 Å². The highest BCUT2D eigenvalue weighted by atomic mass is 32.1. The molecule has 3 aromatic rings. The quantitative estimate of drug-likeness (QED) is 0.490. The fourth-order valence-corrected chi connectivity index (χ4v) is 4.79. The molecule has 1 atom stereocenters. The number of aromatic nitrogens is 1. The summed E-state index contributed by atoms with van der Waals surface area (Å²) in [6, 6.07) is 15.3. The molecule has 1 aromatic heterocycles. The van der Waals surface area contributed by atoms with Crippen molar-refractivity contribution < 1.29 is 24.2 Å². The lowest BCUT2D eigenvalue weighted by atomic mass is 9.98. The summed E-state index contributed by atoms with van der Waals surface area (Å²) in [5.74, 6) is -1.59. The van der Waals surface area contributed by atoms with E-state index in [1.807, 2.05) is 36.4 Å². The van der Waals surface area contributed by atoms with E-state index in [1.54, 1.807) is 13.8 Å². The Hall–Kier alpha value is -3.72. The molecule has 1 aliphatic carbocycles. The van der Waals surface area contributed by atoms with Crippen LogP contribution in [0.25, 0.3) is 11.1 Å². The van der Waals surface area contributed by atoms with Crippen LogP contribution in [-0.2, 0) is 16.1 Å². The zero-order chi connectivity index (χ0) is 23.5. The largest absolute Gasteiger partial charge is 0.476 e. The van der Waals surface area contributed by atoms with Crippen LogP contribution in [0.4, 0.5) is 4.79 Å². The van der Waals surface area contributed by atoms with Crippen LogP contribution < -0.4 is 10.6 Å². The molecule has 0 bridgehead atoms. The Balaban J connectivity index is 1.30. The molecule has 2 amide bonds. The van der Waals surface area contributed by atoms with Gasteiger partial charge < -0.3 is 20.5 Å². The van der Waals surface area contributed by atoms with Crippen LogP contribution in [-0.4, -0.2) is 40.7 Å². The molecular formula is C24H23N3O5S. The van der Waals surface area contributed by atoms with E-state index in [-0.39, 0.29) is 24.8 Å². The third kappa shape index (κ3) is 4.73.